The SMILES string of the molecule is CC(C)(C)C(Cl)=Nc1ccccc1C(F)(F)F. The van der Waals surface area contributed by atoms with Gasteiger partial charge >= 0.3 is 6.18 Å². The van der Waals surface area contributed by atoms with E-state index in [0.29, 0.717) is 0 Å². The average molecular weight is 264 g/mol. The van der Waals surface area contributed by atoms with Crippen LogP contribution in [0.1, 0.15) is 26.3 Å². The van der Waals surface area contributed by atoms with Gasteiger partial charge in [0.05, 0.1) is 11.3 Å². The van der Waals surface area contributed by atoms with Gasteiger partial charge in [-0.2, -0.15) is 13.2 Å². The minimum absolute atomic E-state index is 0.147. The first-order chi connectivity index (χ1) is 7.62. The minimum Gasteiger partial charge on any atom is -0.240 e. The molecule has 0 unspecified atom stereocenters. The zero-order chi connectivity index (χ0) is 13.3. The molecule has 0 amide bonds. The van der Waals surface area contributed by atoms with Crippen LogP contribution in [-0.2, 0) is 6.18 Å². The smallest absolute Gasteiger partial charge is 0.240 e. The van der Waals surface area contributed by atoms with E-state index in [2.05, 4.69) is 4.99 Å². The Hall–Kier alpha value is -1.03. The minimum atomic E-state index is -4.42. The number of nitrogens with zero attached hydrogens (tertiary/aromatic N) is 1. The van der Waals surface area contributed by atoms with Crippen molar-refractivity contribution in [2.75, 3.05) is 0 Å². The highest BCUT2D eigenvalue weighted by molar-refractivity contribution is 6.66. The van der Waals surface area contributed by atoms with E-state index in [1.165, 1.54) is 18.2 Å². The molecule has 0 radical (unpaired) electrons. The average Bonchev–Trinajstić information content (AvgIpc) is 2.15. The lowest BCUT2D eigenvalue weighted by Gasteiger charge is -2.17. The van der Waals surface area contributed by atoms with E-state index in [-0.39, 0.29) is 10.9 Å². The number of para-hydroxylation sites is 1. The van der Waals surface area contributed by atoms with Gasteiger partial charge in [-0.15, -0.1) is 0 Å². The summed E-state index contributed by atoms with van der Waals surface area (Å²) in [5.74, 6) is 0. The second-order valence-corrected chi connectivity index (χ2v) is 5.03. The van der Waals surface area contributed by atoms with E-state index in [1.807, 2.05) is 0 Å². The molecule has 94 valence electrons. The Bertz CT molecular complexity index is 430. The third kappa shape index (κ3) is 3.73. The van der Waals surface area contributed by atoms with Crippen LogP contribution in [0.3, 0.4) is 0 Å². The number of aliphatic imine (C=N–C) groups is 1. The van der Waals surface area contributed by atoms with Crippen LogP contribution >= 0.6 is 11.6 Å². The third-order valence-corrected chi connectivity index (χ3v) is 2.70. The maximum atomic E-state index is 12.7. The Balaban J connectivity index is 3.25. The summed E-state index contributed by atoms with van der Waals surface area (Å²) in [6.45, 7) is 5.36. The molecule has 0 aliphatic heterocycles. The summed E-state index contributed by atoms with van der Waals surface area (Å²) in [6, 6.07) is 5.12. The predicted octanol–water partition coefficient (Wildman–Crippen LogP) is 5.02. The number of hydrogen-bond donors (Lipinski definition) is 0. The van der Waals surface area contributed by atoms with Gasteiger partial charge in [0.15, 0.2) is 0 Å². The van der Waals surface area contributed by atoms with Crippen LogP contribution in [0.2, 0.25) is 0 Å². The molecule has 0 aromatic heterocycles. The van der Waals surface area contributed by atoms with Gasteiger partial charge in [0.25, 0.3) is 0 Å². The second kappa shape index (κ2) is 4.69. The standard InChI is InChI=1S/C12H13ClF3N/c1-11(2,3)10(13)17-9-7-5-4-6-8(9)12(14,15)16/h4-7H,1-3H3. The molecule has 17 heavy (non-hydrogen) atoms. The molecule has 0 heterocycles. The molecule has 0 N–H and O–H groups in total. The van der Waals surface area contributed by atoms with E-state index >= 15 is 0 Å². The zero-order valence-electron chi connectivity index (χ0n) is 9.77. The lowest BCUT2D eigenvalue weighted by atomic mass is 9.98. The van der Waals surface area contributed by atoms with Gasteiger partial charge in [-0.3, -0.25) is 0 Å². The number of rotatable bonds is 1. The molecular formula is C12H13ClF3N. The molecule has 1 aromatic carbocycles. The number of alkyl halides is 3. The van der Waals surface area contributed by atoms with E-state index in [1.54, 1.807) is 20.8 Å². The van der Waals surface area contributed by atoms with Gasteiger partial charge in [-0.1, -0.05) is 44.5 Å². The van der Waals surface area contributed by atoms with Crippen molar-refractivity contribution in [1.82, 2.24) is 0 Å². The Morgan fingerprint density at radius 2 is 1.65 bits per heavy atom. The van der Waals surface area contributed by atoms with E-state index in [0.717, 1.165) is 6.07 Å². The number of benzene rings is 1. The first kappa shape index (κ1) is 14.0. The summed E-state index contributed by atoms with van der Waals surface area (Å²) in [4.78, 5) is 3.86. The fourth-order valence-corrected chi connectivity index (χ4v) is 1.18. The van der Waals surface area contributed by atoms with Crippen molar-refractivity contribution in [2.24, 2.45) is 10.4 Å². The summed E-state index contributed by atoms with van der Waals surface area (Å²) >= 11 is 5.90. The molecule has 1 aromatic rings. The molecule has 0 atom stereocenters. The molecule has 0 spiro atoms. The van der Waals surface area contributed by atoms with Gasteiger partial charge in [-0.05, 0) is 12.1 Å². The summed E-state index contributed by atoms with van der Waals surface area (Å²) < 4.78 is 38.0. The fourth-order valence-electron chi connectivity index (χ4n) is 1.08. The van der Waals surface area contributed by atoms with Crippen LogP contribution in [0.25, 0.3) is 0 Å². The molecule has 0 fully saturated rings. The van der Waals surface area contributed by atoms with Gasteiger partial charge in [-0.25, -0.2) is 4.99 Å². The molecule has 0 aliphatic carbocycles. The quantitative estimate of drug-likeness (QED) is 0.631. The van der Waals surface area contributed by atoms with E-state index in [4.69, 9.17) is 11.6 Å². The molecular weight excluding hydrogens is 251 g/mol. The first-order valence-electron chi connectivity index (χ1n) is 5.03. The fraction of sp³-hybridized carbons (Fsp3) is 0.417. The summed E-state index contributed by atoms with van der Waals surface area (Å²) in [5, 5.41) is 0.147. The van der Waals surface area contributed by atoms with Gasteiger partial charge < -0.3 is 0 Å². The number of hydrogen-bond acceptors (Lipinski definition) is 1. The molecule has 5 heteroatoms. The van der Waals surface area contributed by atoms with Gasteiger partial charge in [0, 0.05) is 5.41 Å². The Labute approximate surface area is 103 Å². The monoisotopic (exact) mass is 263 g/mol. The van der Waals surface area contributed by atoms with Crippen molar-refractivity contribution in [3.05, 3.63) is 29.8 Å². The first-order valence-corrected chi connectivity index (χ1v) is 5.41. The van der Waals surface area contributed by atoms with Crippen LogP contribution in [-0.4, -0.2) is 5.17 Å². The molecule has 0 saturated heterocycles. The van der Waals surface area contributed by atoms with Gasteiger partial charge in [0.1, 0.15) is 5.17 Å². The molecule has 0 aliphatic rings. The van der Waals surface area contributed by atoms with Gasteiger partial charge in [0.2, 0.25) is 0 Å². The second-order valence-electron chi connectivity index (χ2n) is 4.67. The van der Waals surface area contributed by atoms with Crippen molar-refractivity contribution in [1.29, 1.82) is 0 Å². The Kier molecular flexibility index (Phi) is 3.87. The lowest BCUT2D eigenvalue weighted by Crippen LogP contribution is -2.14. The van der Waals surface area contributed by atoms with Crippen molar-refractivity contribution in [2.45, 2.75) is 26.9 Å². The Morgan fingerprint density at radius 3 is 2.12 bits per heavy atom. The maximum absolute atomic E-state index is 12.7. The van der Waals surface area contributed by atoms with Crippen LogP contribution in [0.5, 0.6) is 0 Å². The highest BCUT2D eigenvalue weighted by Crippen LogP contribution is 2.37. The molecule has 1 nitrogen and oxygen atoms in total. The molecule has 1 rings (SSSR count). The largest absolute Gasteiger partial charge is 0.418 e. The Morgan fingerprint density at radius 1 is 1.12 bits per heavy atom. The van der Waals surface area contributed by atoms with Crippen LogP contribution in [0.15, 0.2) is 29.3 Å². The number of halogens is 4. The van der Waals surface area contributed by atoms with Crippen molar-refractivity contribution < 1.29 is 13.2 Å². The third-order valence-electron chi connectivity index (χ3n) is 2.05. The van der Waals surface area contributed by atoms with Crippen molar-refractivity contribution in [3.63, 3.8) is 0 Å². The highest BCUT2D eigenvalue weighted by Gasteiger charge is 2.33. The normalized spacial score (nSPS) is 13.9. The lowest BCUT2D eigenvalue weighted by molar-refractivity contribution is -0.137. The summed E-state index contributed by atoms with van der Waals surface area (Å²) in [7, 11) is 0. The van der Waals surface area contributed by atoms with Crippen LogP contribution in [0, 0.1) is 5.41 Å². The van der Waals surface area contributed by atoms with Crippen molar-refractivity contribution >= 4 is 22.5 Å². The maximum Gasteiger partial charge on any atom is 0.418 e. The summed E-state index contributed by atoms with van der Waals surface area (Å²) in [6.07, 6.45) is -4.42. The van der Waals surface area contributed by atoms with Crippen LogP contribution in [0.4, 0.5) is 18.9 Å². The van der Waals surface area contributed by atoms with E-state index < -0.39 is 17.2 Å². The molecule has 0 saturated carbocycles. The van der Waals surface area contributed by atoms with E-state index in [9.17, 15) is 13.2 Å². The topological polar surface area (TPSA) is 12.4 Å². The molecule has 0 bridgehead atoms. The van der Waals surface area contributed by atoms with Crippen molar-refractivity contribution in [3.8, 4) is 0 Å². The van der Waals surface area contributed by atoms with Crippen LogP contribution < -0.4 is 0 Å². The summed E-state index contributed by atoms with van der Waals surface area (Å²) in [5.41, 5.74) is -1.40. The zero-order valence-corrected chi connectivity index (χ0v) is 10.5. The highest BCUT2D eigenvalue weighted by atomic mass is 35.5. The predicted molar refractivity (Wildman–Crippen MR) is 63.8 cm³/mol.